The zero-order valence-corrected chi connectivity index (χ0v) is 11.7. The van der Waals surface area contributed by atoms with Gasteiger partial charge in [0.15, 0.2) is 10.6 Å². The Morgan fingerprint density at radius 2 is 2.15 bits per heavy atom. The van der Waals surface area contributed by atoms with Gasteiger partial charge in [-0.2, -0.15) is 5.10 Å². The minimum Gasteiger partial charge on any atom is -0.444 e. The number of nitrogens with one attached hydrogen (secondary N) is 1. The first-order chi connectivity index (χ1) is 9.78. The number of aromatic amines is 1. The molecule has 0 unspecified atom stereocenters. The third-order valence-electron chi connectivity index (χ3n) is 2.94. The van der Waals surface area contributed by atoms with Gasteiger partial charge in [-0.25, -0.2) is 4.98 Å². The summed E-state index contributed by atoms with van der Waals surface area (Å²) in [6, 6.07) is 3.77. The quantitative estimate of drug-likeness (QED) is 0.747. The van der Waals surface area contributed by atoms with E-state index in [4.69, 9.17) is 16.6 Å². The number of nitrogens with zero attached hydrogens (tertiary/aromatic N) is 4. The van der Waals surface area contributed by atoms with Crippen molar-refractivity contribution in [3.63, 3.8) is 0 Å². The second-order valence-electron chi connectivity index (χ2n) is 4.25. The first kappa shape index (κ1) is 12.7. The second kappa shape index (κ2) is 5.38. The summed E-state index contributed by atoms with van der Waals surface area (Å²) in [4.78, 5) is 8.25. The summed E-state index contributed by atoms with van der Waals surface area (Å²) in [5.41, 5.74) is 0.939. The molecule has 0 saturated heterocycles. The van der Waals surface area contributed by atoms with E-state index < -0.39 is 0 Å². The van der Waals surface area contributed by atoms with E-state index in [2.05, 4.69) is 20.2 Å². The Morgan fingerprint density at radius 3 is 2.85 bits per heavy atom. The van der Waals surface area contributed by atoms with Gasteiger partial charge >= 0.3 is 0 Å². The summed E-state index contributed by atoms with van der Waals surface area (Å²) in [6.07, 6.45) is 6.00. The lowest BCUT2D eigenvalue weighted by molar-refractivity contribution is 0.446. The first-order valence-electron chi connectivity index (χ1n) is 6.27. The van der Waals surface area contributed by atoms with Crippen LogP contribution < -0.4 is 0 Å². The number of pyridine rings is 1. The van der Waals surface area contributed by atoms with Crippen LogP contribution in [0, 0.1) is 4.77 Å². The average Bonchev–Trinajstić information content (AvgIpc) is 3.08. The number of oxazole rings is 1. The van der Waals surface area contributed by atoms with Crippen molar-refractivity contribution in [1.29, 1.82) is 0 Å². The zero-order chi connectivity index (χ0) is 13.9. The van der Waals surface area contributed by atoms with Crippen LogP contribution in [-0.4, -0.2) is 24.7 Å². The summed E-state index contributed by atoms with van der Waals surface area (Å²) in [7, 11) is 0. The van der Waals surface area contributed by atoms with Crippen molar-refractivity contribution in [2.45, 2.75) is 19.9 Å². The molecule has 0 aliphatic heterocycles. The van der Waals surface area contributed by atoms with Gasteiger partial charge in [-0.05, 0) is 24.4 Å². The predicted molar refractivity (Wildman–Crippen MR) is 75.6 cm³/mol. The molecule has 0 aromatic carbocycles. The summed E-state index contributed by atoms with van der Waals surface area (Å²) < 4.78 is 8.01. The van der Waals surface area contributed by atoms with Crippen molar-refractivity contribution in [2.75, 3.05) is 0 Å². The van der Waals surface area contributed by atoms with Crippen LogP contribution in [0.1, 0.15) is 18.6 Å². The average molecular weight is 287 g/mol. The van der Waals surface area contributed by atoms with Crippen molar-refractivity contribution in [3.8, 4) is 11.4 Å². The number of aryl methyl sites for hydroxylation is 1. The maximum Gasteiger partial charge on any atom is 0.214 e. The highest BCUT2D eigenvalue weighted by Gasteiger charge is 2.11. The Kier molecular flexibility index (Phi) is 3.42. The van der Waals surface area contributed by atoms with Gasteiger partial charge in [-0.1, -0.05) is 6.92 Å². The van der Waals surface area contributed by atoms with Crippen LogP contribution >= 0.6 is 12.2 Å². The lowest BCUT2D eigenvalue weighted by Crippen LogP contribution is -2.02. The Labute approximate surface area is 120 Å². The minimum atomic E-state index is 0.451. The molecule has 7 heteroatoms. The Bertz CT molecular complexity index is 758. The molecule has 3 aromatic rings. The zero-order valence-electron chi connectivity index (χ0n) is 10.9. The van der Waals surface area contributed by atoms with Crippen molar-refractivity contribution < 1.29 is 4.42 Å². The Morgan fingerprint density at radius 1 is 1.35 bits per heavy atom. The fourth-order valence-electron chi connectivity index (χ4n) is 1.91. The predicted octanol–water partition coefficient (Wildman–Crippen LogP) is 2.60. The third kappa shape index (κ3) is 2.39. The molecule has 102 valence electrons. The smallest absolute Gasteiger partial charge is 0.214 e. The number of hydrogen-bond acceptors (Lipinski definition) is 5. The van der Waals surface area contributed by atoms with Crippen molar-refractivity contribution >= 4 is 12.2 Å². The van der Waals surface area contributed by atoms with E-state index in [1.54, 1.807) is 18.6 Å². The molecule has 0 fully saturated rings. The SMILES string of the molecule is CCc1cnc(Cn2c(-c3ccncc3)n[nH]c2=S)o1. The standard InChI is InChI=1S/C13H13N5OS/c1-2-10-7-15-11(19-10)8-18-12(16-17-13(18)20)9-3-5-14-6-4-9/h3-7H,2,8H2,1H3,(H,17,20). The van der Waals surface area contributed by atoms with Crippen LogP contribution in [0.5, 0.6) is 0 Å². The van der Waals surface area contributed by atoms with E-state index in [0.29, 0.717) is 17.2 Å². The van der Waals surface area contributed by atoms with Gasteiger partial charge < -0.3 is 4.42 Å². The van der Waals surface area contributed by atoms with Crippen molar-refractivity contribution in [3.05, 3.63) is 47.1 Å². The van der Waals surface area contributed by atoms with Crippen LogP contribution in [0.25, 0.3) is 11.4 Å². The van der Waals surface area contributed by atoms with Gasteiger partial charge in [-0.15, -0.1) is 0 Å². The van der Waals surface area contributed by atoms with Crippen LogP contribution in [0.4, 0.5) is 0 Å². The topological polar surface area (TPSA) is 72.5 Å². The number of hydrogen-bond donors (Lipinski definition) is 1. The highest BCUT2D eigenvalue weighted by Crippen LogP contribution is 2.17. The maximum absolute atomic E-state index is 5.62. The fraction of sp³-hybridized carbons (Fsp3) is 0.231. The molecular formula is C13H13N5OS. The molecule has 20 heavy (non-hydrogen) atoms. The largest absolute Gasteiger partial charge is 0.444 e. The molecule has 0 atom stereocenters. The van der Waals surface area contributed by atoms with Gasteiger partial charge in [0.1, 0.15) is 12.3 Å². The van der Waals surface area contributed by atoms with Gasteiger partial charge in [0.05, 0.1) is 6.20 Å². The molecule has 3 rings (SSSR count). The fourth-order valence-corrected chi connectivity index (χ4v) is 2.10. The van der Waals surface area contributed by atoms with E-state index in [1.165, 1.54) is 0 Å². The van der Waals surface area contributed by atoms with Crippen LogP contribution in [0.2, 0.25) is 0 Å². The van der Waals surface area contributed by atoms with Crippen LogP contribution in [-0.2, 0) is 13.0 Å². The minimum absolute atomic E-state index is 0.451. The highest BCUT2D eigenvalue weighted by molar-refractivity contribution is 7.71. The van der Waals surface area contributed by atoms with Crippen molar-refractivity contribution in [1.82, 2.24) is 24.7 Å². The summed E-state index contributed by atoms with van der Waals surface area (Å²) >= 11 is 5.27. The molecule has 3 heterocycles. The summed E-state index contributed by atoms with van der Waals surface area (Å²) in [6.45, 7) is 2.48. The number of H-pyrrole nitrogens is 1. The molecule has 6 nitrogen and oxygen atoms in total. The van der Waals surface area contributed by atoms with Gasteiger partial charge in [0.2, 0.25) is 5.89 Å². The molecule has 1 N–H and O–H groups in total. The van der Waals surface area contributed by atoms with Gasteiger partial charge in [0.25, 0.3) is 0 Å². The molecule has 0 bridgehead atoms. The van der Waals surface area contributed by atoms with E-state index >= 15 is 0 Å². The molecule has 3 aromatic heterocycles. The molecule has 0 spiro atoms. The van der Waals surface area contributed by atoms with E-state index in [9.17, 15) is 0 Å². The number of aromatic nitrogens is 5. The number of rotatable bonds is 4. The Balaban J connectivity index is 1.97. The van der Waals surface area contributed by atoms with Gasteiger partial charge in [-0.3, -0.25) is 14.6 Å². The lowest BCUT2D eigenvalue weighted by atomic mass is 10.2. The first-order valence-corrected chi connectivity index (χ1v) is 6.68. The van der Waals surface area contributed by atoms with E-state index in [1.807, 2.05) is 23.6 Å². The normalized spacial score (nSPS) is 10.8. The molecule has 0 radical (unpaired) electrons. The molecule has 0 aliphatic carbocycles. The van der Waals surface area contributed by atoms with Crippen molar-refractivity contribution in [2.24, 2.45) is 0 Å². The molecule has 0 aliphatic rings. The third-order valence-corrected chi connectivity index (χ3v) is 3.25. The second-order valence-corrected chi connectivity index (χ2v) is 4.63. The maximum atomic E-state index is 5.62. The summed E-state index contributed by atoms with van der Waals surface area (Å²) in [5.74, 6) is 2.23. The van der Waals surface area contributed by atoms with Crippen LogP contribution in [0.15, 0.2) is 35.1 Å². The lowest BCUT2D eigenvalue weighted by Gasteiger charge is -2.03. The highest BCUT2D eigenvalue weighted by atomic mass is 32.1. The Hall–Kier alpha value is -2.28. The van der Waals surface area contributed by atoms with E-state index in [-0.39, 0.29) is 0 Å². The van der Waals surface area contributed by atoms with Gasteiger partial charge in [0, 0.05) is 24.4 Å². The van der Waals surface area contributed by atoms with Crippen LogP contribution in [0.3, 0.4) is 0 Å². The summed E-state index contributed by atoms with van der Waals surface area (Å²) in [5, 5.41) is 7.06. The monoisotopic (exact) mass is 287 g/mol. The molecule has 0 saturated carbocycles. The molecular weight excluding hydrogens is 274 g/mol. The van der Waals surface area contributed by atoms with E-state index in [0.717, 1.165) is 23.6 Å². The molecule has 0 amide bonds.